The third-order valence-corrected chi connectivity index (χ3v) is 2.48. The summed E-state index contributed by atoms with van der Waals surface area (Å²) >= 11 is 6.51. The standard InChI is InChI=1S/C9H6Br2N2.3H2O/c10-13(11)9-6-5-7-3-1-2-4-8(7)12-9;;;/h1-6H;3*1H2. The number of halogens is 2. The summed E-state index contributed by atoms with van der Waals surface area (Å²) < 4.78 is 1.63. The molecular weight excluding hydrogens is 344 g/mol. The number of aromatic nitrogens is 1. The van der Waals surface area contributed by atoms with Gasteiger partial charge in [-0.05, 0) is 18.2 Å². The van der Waals surface area contributed by atoms with Crippen molar-refractivity contribution in [3.05, 3.63) is 36.4 Å². The van der Waals surface area contributed by atoms with Gasteiger partial charge in [-0.3, -0.25) is 0 Å². The van der Waals surface area contributed by atoms with Gasteiger partial charge < -0.3 is 16.4 Å². The van der Waals surface area contributed by atoms with E-state index in [0.717, 1.165) is 16.7 Å². The number of rotatable bonds is 1. The van der Waals surface area contributed by atoms with Crippen molar-refractivity contribution in [2.75, 3.05) is 2.95 Å². The number of benzene rings is 1. The maximum absolute atomic E-state index is 4.41. The van der Waals surface area contributed by atoms with Crippen LogP contribution in [0.1, 0.15) is 0 Å². The zero-order valence-corrected chi connectivity index (χ0v) is 11.3. The van der Waals surface area contributed by atoms with Crippen LogP contribution in [0.3, 0.4) is 0 Å². The highest BCUT2D eigenvalue weighted by Gasteiger charge is 2.00. The van der Waals surface area contributed by atoms with Crippen molar-refractivity contribution in [3.63, 3.8) is 0 Å². The fourth-order valence-corrected chi connectivity index (χ4v) is 1.54. The summed E-state index contributed by atoms with van der Waals surface area (Å²) in [5.41, 5.74) is 0.990. The Bertz CT molecular complexity index is 440. The van der Waals surface area contributed by atoms with Gasteiger partial charge in [0.2, 0.25) is 0 Å². The normalized spacial score (nSPS) is 8.38. The van der Waals surface area contributed by atoms with Crippen LogP contribution < -0.4 is 2.95 Å². The van der Waals surface area contributed by atoms with E-state index in [-0.39, 0.29) is 16.4 Å². The molecule has 0 aliphatic heterocycles. The van der Waals surface area contributed by atoms with E-state index in [1.807, 2.05) is 36.4 Å². The number of hydrogen-bond acceptors (Lipinski definition) is 2. The summed E-state index contributed by atoms with van der Waals surface area (Å²) in [6.45, 7) is 0. The van der Waals surface area contributed by atoms with Gasteiger partial charge in [0.1, 0.15) is 5.82 Å². The van der Waals surface area contributed by atoms with Crippen LogP contribution >= 0.6 is 32.3 Å². The fraction of sp³-hybridized carbons (Fsp3) is 0. The average molecular weight is 356 g/mol. The first-order valence-electron chi connectivity index (χ1n) is 3.75. The summed E-state index contributed by atoms with van der Waals surface area (Å²) in [5.74, 6) is 0.832. The van der Waals surface area contributed by atoms with Crippen molar-refractivity contribution in [1.82, 2.24) is 4.98 Å². The van der Waals surface area contributed by atoms with E-state index in [2.05, 4.69) is 37.3 Å². The molecular formula is C9H12Br2N2O3. The Labute approximate surface area is 110 Å². The lowest BCUT2D eigenvalue weighted by Crippen LogP contribution is -1.93. The largest absolute Gasteiger partial charge is 0.412 e. The third-order valence-electron chi connectivity index (χ3n) is 1.76. The van der Waals surface area contributed by atoms with Crippen LogP contribution in [-0.2, 0) is 0 Å². The Balaban J connectivity index is 0. The number of nitrogens with zero attached hydrogens (tertiary/aromatic N) is 2. The van der Waals surface area contributed by atoms with Crippen LogP contribution in [0.4, 0.5) is 5.82 Å². The molecule has 1 heterocycles. The Morgan fingerprint density at radius 1 is 0.875 bits per heavy atom. The van der Waals surface area contributed by atoms with Crippen LogP contribution in [0.2, 0.25) is 0 Å². The molecule has 0 saturated carbocycles. The van der Waals surface area contributed by atoms with Crippen LogP contribution in [0.15, 0.2) is 36.4 Å². The predicted octanol–water partition coefficient (Wildman–Crippen LogP) is 1.19. The molecule has 2 rings (SSSR count). The van der Waals surface area contributed by atoms with Gasteiger partial charge in [-0.1, -0.05) is 18.2 Å². The molecule has 0 amide bonds. The predicted molar refractivity (Wildman–Crippen MR) is 72.9 cm³/mol. The molecule has 0 spiro atoms. The highest BCUT2D eigenvalue weighted by molar-refractivity contribution is 9.25. The number of fused-ring (bicyclic) bond motifs is 1. The molecule has 6 N–H and O–H groups in total. The molecule has 7 heteroatoms. The Morgan fingerprint density at radius 2 is 1.50 bits per heavy atom. The molecule has 90 valence electrons. The molecule has 0 bridgehead atoms. The highest BCUT2D eigenvalue weighted by Crippen LogP contribution is 2.22. The second-order valence-corrected chi connectivity index (χ2v) is 4.97. The van der Waals surface area contributed by atoms with E-state index in [1.165, 1.54) is 0 Å². The van der Waals surface area contributed by atoms with Gasteiger partial charge in [-0.2, -0.15) is 0 Å². The van der Waals surface area contributed by atoms with E-state index >= 15 is 0 Å². The molecule has 1 aromatic heterocycles. The van der Waals surface area contributed by atoms with Crippen molar-refractivity contribution in [2.24, 2.45) is 0 Å². The summed E-state index contributed by atoms with van der Waals surface area (Å²) in [4.78, 5) is 4.41. The first-order chi connectivity index (χ1) is 6.27. The number of anilines is 1. The SMILES string of the molecule is BrN(Br)c1ccc2ccccc2n1.O.O.O. The third kappa shape index (κ3) is 3.69. The van der Waals surface area contributed by atoms with Crippen LogP contribution in [0, 0.1) is 0 Å². The average Bonchev–Trinajstić information content (AvgIpc) is 2.17. The van der Waals surface area contributed by atoms with E-state index in [9.17, 15) is 0 Å². The summed E-state index contributed by atoms with van der Waals surface area (Å²) in [6, 6.07) is 12.0. The lowest BCUT2D eigenvalue weighted by atomic mass is 10.2. The number of hydrogen-bond donors (Lipinski definition) is 0. The van der Waals surface area contributed by atoms with Crippen LogP contribution in [0.25, 0.3) is 10.9 Å². The minimum atomic E-state index is 0. The molecule has 0 radical (unpaired) electrons. The first-order valence-corrected chi connectivity index (χ1v) is 5.17. The lowest BCUT2D eigenvalue weighted by molar-refractivity contribution is 0.823. The zero-order chi connectivity index (χ0) is 9.26. The molecule has 0 aliphatic carbocycles. The maximum atomic E-state index is 4.41. The van der Waals surface area contributed by atoms with Gasteiger partial charge in [0.25, 0.3) is 0 Å². The Morgan fingerprint density at radius 3 is 2.12 bits per heavy atom. The molecule has 5 nitrogen and oxygen atoms in total. The Hall–Kier alpha value is -0.730. The molecule has 1 aromatic carbocycles. The molecule has 0 aliphatic rings. The zero-order valence-electron chi connectivity index (χ0n) is 8.11. The Kier molecular flexibility index (Phi) is 8.31. The van der Waals surface area contributed by atoms with Gasteiger partial charge in [0.15, 0.2) is 0 Å². The van der Waals surface area contributed by atoms with Crippen LogP contribution in [0.5, 0.6) is 0 Å². The molecule has 2 aromatic rings. The second kappa shape index (κ2) is 7.53. The van der Waals surface area contributed by atoms with Gasteiger partial charge >= 0.3 is 0 Å². The van der Waals surface area contributed by atoms with Gasteiger partial charge in [0.05, 0.1) is 37.8 Å². The van der Waals surface area contributed by atoms with E-state index in [0.29, 0.717) is 0 Å². The van der Waals surface area contributed by atoms with E-state index < -0.39 is 0 Å². The lowest BCUT2D eigenvalue weighted by Gasteiger charge is -2.05. The summed E-state index contributed by atoms with van der Waals surface area (Å²) in [6.07, 6.45) is 0. The molecule has 0 atom stereocenters. The molecule has 0 saturated heterocycles. The van der Waals surface area contributed by atoms with Crippen molar-refractivity contribution in [2.45, 2.75) is 0 Å². The minimum absolute atomic E-state index is 0. The fourth-order valence-electron chi connectivity index (χ4n) is 1.15. The van der Waals surface area contributed by atoms with Gasteiger partial charge in [-0.15, -0.1) is 0 Å². The smallest absolute Gasteiger partial charge is 0.149 e. The minimum Gasteiger partial charge on any atom is -0.412 e. The van der Waals surface area contributed by atoms with Crippen molar-refractivity contribution < 1.29 is 16.4 Å². The monoisotopic (exact) mass is 354 g/mol. The van der Waals surface area contributed by atoms with E-state index in [4.69, 9.17) is 0 Å². The van der Waals surface area contributed by atoms with Crippen molar-refractivity contribution in [3.8, 4) is 0 Å². The first kappa shape index (κ1) is 17.7. The summed E-state index contributed by atoms with van der Waals surface area (Å²) in [5, 5.41) is 1.15. The number of pyridine rings is 1. The van der Waals surface area contributed by atoms with Gasteiger partial charge in [0, 0.05) is 5.39 Å². The molecule has 0 unspecified atom stereocenters. The van der Waals surface area contributed by atoms with Gasteiger partial charge in [-0.25, -0.2) is 7.94 Å². The van der Waals surface area contributed by atoms with Crippen molar-refractivity contribution in [1.29, 1.82) is 0 Å². The molecule has 16 heavy (non-hydrogen) atoms. The maximum Gasteiger partial charge on any atom is 0.149 e. The molecule has 0 fully saturated rings. The summed E-state index contributed by atoms with van der Waals surface area (Å²) in [7, 11) is 0. The topological polar surface area (TPSA) is 111 Å². The highest BCUT2D eigenvalue weighted by atomic mass is 79.9. The van der Waals surface area contributed by atoms with E-state index in [1.54, 1.807) is 2.95 Å². The number of para-hydroxylation sites is 1. The quantitative estimate of drug-likeness (QED) is 0.715. The second-order valence-electron chi connectivity index (χ2n) is 2.60. The van der Waals surface area contributed by atoms with Crippen LogP contribution in [-0.4, -0.2) is 21.4 Å². The van der Waals surface area contributed by atoms with Crippen molar-refractivity contribution >= 4 is 49.0 Å².